The van der Waals surface area contributed by atoms with Gasteiger partial charge in [0.05, 0.1) is 17.6 Å². The Kier molecular flexibility index (Phi) is 4.48. The third-order valence-corrected chi connectivity index (χ3v) is 5.43. The Bertz CT molecular complexity index is 1080. The number of halogens is 1. The second-order valence-corrected chi connectivity index (χ2v) is 8.54. The zero-order chi connectivity index (χ0) is 19.0. The zero-order valence-electron chi connectivity index (χ0n) is 14.7. The molecule has 0 radical (unpaired) electrons. The number of nitrogens with one attached hydrogen (secondary N) is 1. The molecule has 0 spiro atoms. The molecule has 0 atom stereocenters. The summed E-state index contributed by atoms with van der Waals surface area (Å²) in [6.07, 6.45) is 5.14. The Balaban J connectivity index is 1.53. The van der Waals surface area contributed by atoms with Crippen LogP contribution in [0.4, 0.5) is 4.39 Å². The number of hydrogen-bond acceptors (Lipinski definition) is 6. The monoisotopic (exact) mass is 387 g/mol. The number of H-pyrrole nitrogens is 1. The first-order valence-corrected chi connectivity index (χ1v) is 10.3. The van der Waals surface area contributed by atoms with Crippen LogP contribution in [0.3, 0.4) is 0 Å². The number of sulfone groups is 1. The van der Waals surface area contributed by atoms with Crippen molar-refractivity contribution >= 4 is 9.84 Å². The van der Waals surface area contributed by atoms with Gasteiger partial charge in [0, 0.05) is 55.2 Å². The Labute approximate surface area is 156 Å². The van der Waals surface area contributed by atoms with Gasteiger partial charge in [0.25, 0.3) is 0 Å². The number of aromatic nitrogens is 4. The number of fused-ring (bicyclic) bond motifs is 1. The smallest absolute Gasteiger partial charge is 0.246 e. The Morgan fingerprint density at radius 2 is 2.00 bits per heavy atom. The summed E-state index contributed by atoms with van der Waals surface area (Å²) in [5.74, 6) is -0.277. The fourth-order valence-electron chi connectivity index (χ4n) is 3.21. The summed E-state index contributed by atoms with van der Waals surface area (Å²) in [5, 5.41) is 6.99. The summed E-state index contributed by atoms with van der Waals surface area (Å²) >= 11 is 0. The highest BCUT2D eigenvalue weighted by Gasteiger charge is 2.22. The lowest BCUT2D eigenvalue weighted by Gasteiger charge is -2.27. The maximum Gasteiger partial charge on any atom is 0.246 e. The fraction of sp³-hybridized carbons (Fsp3) is 0.278. The summed E-state index contributed by atoms with van der Waals surface area (Å²) in [6.45, 7) is 2.05. The molecular formula is C18H18FN5O2S. The van der Waals surface area contributed by atoms with Crippen LogP contribution in [0.1, 0.15) is 16.8 Å². The van der Waals surface area contributed by atoms with Crippen LogP contribution in [-0.4, -0.2) is 46.3 Å². The van der Waals surface area contributed by atoms with E-state index in [4.69, 9.17) is 0 Å². The SMILES string of the molecule is CS(=O)(=O)c1ncc2c(n1)CCN(Cc1cn[nH]c1-c1ccc(F)cc1)C2. The molecule has 140 valence electrons. The lowest BCUT2D eigenvalue weighted by molar-refractivity contribution is 0.242. The highest BCUT2D eigenvalue weighted by Crippen LogP contribution is 2.25. The molecule has 0 unspecified atom stereocenters. The number of rotatable bonds is 4. The van der Waals surface area contributed by atoms with Crippen molar-refractivity contribution in [3.8, 4) is 11.3 Å². The molecule has 1 aromatic carbocycles. The molecule has 2 aromatic heterocycles. The first-order valence-electron chi connectivity index (χ1n) is 8.45. The molecule has 0 amide bonds. The van der Waals surface area contributed by atoms with Gasteiger partial charge in [0.2, 0.25) is 15.0 Å². The van der Waals surface area contributed by atoms with Crippen molar-refractivity contribution in [1.29, 1.82) is 0 Å². The maximum absolute atomic E-state index is 13.2. The number of benzene rings is 1. The summed E-state index contributed by atoms with van der Waals surface area (Å²) in [6, 6.07) is 6.29. The molecule has 0 bridgehead atoms. The van der Waals surface area contributed by atoms with Gasteiger partial charge in [-0.25, -0.2) is 22.8 Å². The second-order valence-electron chi connectivity index (χ2n) is 6.63. The molecule has 0 saturated heterocycles. The minimum absolute atomic E-state index is 0.122. The van der Waals surface area contributed by atoms with Crippen molar-refractivity contribution in [2.45, 2.75) is 24.7 Å². The van der Waals surface area contributed by atoms with Crippen molar-refractivity contribution in [2.24, 2.45) is 0 Å². The number of hydrogen-bond donors (Lipinski definition) is 1. The van der Waals surface area contributed by atoms with Gasteiger partial charge in [-0.1, -0.05) is 0 Å². The van der Waals surface area contributed by atoms with E-state index in [1.807, 2.05) is 0 Å². The lowest BCUT2D eigenvalue weighted by Crippen LogP contribution is -2.31. The van der Waals surface area contributed by atoms with Crippen LogP contribution < -0.4 is 0 Å². The van der Waals surface area contributed by atoms with Gasteiger partial charge in [-0.15, -0.1) is 0 Å². The quantitative estimate of drug-likeness (QED) is 0.688. The van der Waals surface area contributed by atoms with Crippen LogP contribution in [0.15, 0.2) is 41.8 Å². The molecule has 7 nitrogen and oxygen atoms in total. The first kappa shape index (κ1) is 17.7. The van der Waals surface area contributed by atoms with E-state index in [9.17, 15) is 12.8 Å². The highest BCUT2D eigenvalue weighted by atomic mass is 32.2. The third kappa shape index (κ3) is 3.74. The molecule has 1 aliphatic rings. The maximum atomic E-state index is 13.2. The molecule has 3 heterocycles. The van der Waals surface area contributed by atoms with E-state index in [2.05, 4.69) is 25.1 Å². The average molecular weight is 387 g/mol. The number of aromatic amines is 1. The Hall–Kier alpha value is -2.65. The molecule has 0 saturated carbocycles. The Morgan fingerprint density at radius 1 is 1.22 bits per heavy atom. The minimum atomic E-state index is -3.41. The van der Waals surface area contributed by atoms with Crippen LogP contribution in [0, 0.1) is 5.82 Å². The molecular weight excluding hydrogens is 369 g/mol. The van der Waals surface area contributed by atoms with Gasteiger partial charge >= 0.3 is 0 Å². The van der Waals surface area contributed by atoms with Gasteiger partial charge in [0.15, 0.2) is 0 Å². The Morgan fingerprint density at radius 3 is 2.74 bits per heavy atom. The van der Waals surface area contributed by atoms with Crippen LogP contribution in [0.2, 0.25) is 0 Å². The third-order valence-electron chi connectivity index (χ3n) is 4.57. The van der Waals surface area contributed by atoms with E-state index in [1.165, 1.54) is 12.1 Å². The first-order chi connectivity index (χ1) is 12.9. The summed E-state index contributed by atoms with van der Waals surface area (Å²) in [4.78, 5) is 10.4. The summed E-state index contributed by atoms with van der Waals surface area (Å²) in [5.41, 5.74) is 4.47. The zero-order valence-corrected chi connectivity index (χ0v) is 15.5. The predicted molar refractivity (Wildman–Crippen MR) is 96.9 cm³/mol. The van der Waals surface area contributed by atoms with Crippen molar-refractivity contribution < 1.29 is 12.8 Å². The molecule has 1 N–H and O–H groups in total. The van der Waals surface area contributed by atoms with Crippen molar-refractivity contribution in [2.75, 3.05) is 12.8 Å². The van der Waals surface area contributed by atoms with Crippen molar-refractivity contribution in [3.63, 3.8) is 0 Å². The highest BCUT2D eigenvalue weighted by molar-refractivity contribution is 7.90. The van der Waals surface area contributed by atoms with Gasteiger partial charge in [-0.2, -0.15) is 5.10 Å². The largest absolute Gasteiger partial charge is 0.294 e. The van der Waals surface area contributed by atoms with E-state index in [0.717, 1.165) is 40.9 Å². The van der Waals surface area contributed by atoms with Crippen molar-refractivity contribution in [1.82, 2.24) is 25.1 Å². The van der Waals surface area contributed by atoms with Gasteiger partial charge < -0.3 is 0 Å². The van der Waals surface area contributed by atoms with Crippen LogP contribution in [0.25, 0.3) is 11.3 Å². The average Bonchev–Trinajstić information content (AvgIpc) is 3.09. The van der Waals surface area contributed by atoms with E-state index in [-0.39, 0.29) is 11.0 Å². The van der Waals surface area contributed by atoms with Crippen molar-refractivity contribution in [3.05, 3.63) is 59.3 Å². The summed E-state index contributed by atoms with van der Waals surface area (Å²) in [7, 11) is -3.41. The number of nitrogens with zero attached hydrogens (tertiary/aromatic N) is 4. The molecule has 27 heavy (non-hydrogen) atoms. The van der Waals surface area contributed by atoms with Gasteiger partial charge in [0.1, 0.15) is 5.82 Å². The molecule has 1 aliphatic heterocycles. The van der Waals surface area contributed by atoms with Gasteiger partial charge in [-0.05, 0) is 24.3 Å². The van der Waals surface area contributed by atoms with Crippen LogP contribution in [0.5, 0.6) is 0 Å². The van der Waals surface area contributed by atoms with E-state index < -0.39 is 9.84 Å². The molecule has 9 heteroatoms. The second kappa shape index (κ2) is 6.82. The summed E-state index contributed by atoms with van der Waals surface area (Å²) < 4.78 is 36.4. The standard InChI is InChI=1S/C18H18FN5O2S/c1-27(25,26)18-20-8-13-10-24(7-6-16(13)22-18)11-14-9-21-23-17(14)12-2-4-15(19)5-3-12/h2-5,8-9H,6-7,10-11H2,1H3,(H,21,23). The van der Waals surface area contributed by atoms with E-state index in [0.29, 0.717) is 19.5 Å². The fourth-order valence-corrected chi connectivity index (χ4v) is 3.73. The molecule has 0 aliphatic carbocycles. The molecule has 3 aromatic rings. The normalized spacial score (nSPS) is 14.9. The van der Waals surface area contributed by atoms with E-state index in [1.54, 1.807) is 24.5 Å². The van der Waals surface area contributed by atoms with Crippen LogP contribution >= 0.6 is 0 Å². The van der Waals surface area contributed by atoms with E-state index >= 15 is 0 Å². The molecule has 4 rings (SSSR count). The topological polar surface area (TPSA) is 91.8 Å². The minimum Gasteiger partial charge on any atom is -0.294 e. The lowest BCUT2D eigenvalue weighted by atomic mass is 10.0. The van der Waals surface area contributed by atoms with Gasteiger partial charge in [-0.3, -0.25) is 10.00 Å². The predicted octanol–water partition coefficient (Wildman–Crippen LogP) is 1.97. The van der Waals surface area contributed by atoms with Crippen LogP contribution in [-0.2, 0) is 29.3 Å². The molecule has 0 fully saturated rings.